The third kappa shape index (κ3) is 2.66. The van der Waals surface area contributed by atoms with E-state index < -0.39 is 0 Å². The molecule has 0 aliphatic heterocycles. The average molecular weight is 245 g/mol. The van der Waals surface area contributed by atoms with Gasteiger partial charge in [0, 0.05) is 19.5 Å². The topological polar surface area (TPSA) is 61.0 Å². The van der Waals surface area contributed by atoms with Crippen LogP contribution in [-0.4, -0.2) is 35.2 Å². The molecule has 1 aromatic heterocycles. The van der Waals surface area contributed by atoms with Gasteiger partial charge in [-0.25, -0.2) is 4.79 Å². The lowest BCUT2D eigenvalue weighted by Crippen LogP contribution is -2.27. The van der Waals surface area contributed by atoms with Gasteiger partial charge < -0.3 is 4.90 Å². The predicted molar refractivity (Wildman–Crippen MR) is 65.0 cm³/mol. The first-order valence-corrected chi connectivity index (χ1v) is 5.34. The van der Waals surface area contributed by atoms with E-state index in [2.05, 4.69) is 15.5 Å². The second kappa shape index (κ2) is 4.33. The molecule has 0 fully saturated rings. The Kier molecular flexibility index (Phi) is 3.48. The van der Waals surface area contributed by atoms with E-state index in [4.69, 9.17) is 11.6 Å². The van der Waals surface area contributed by atoms with Crippen molar-refractivity contribution in [2.75, 3.05) is 19.4 Å². The zero-order chi connectivity index (χ0) is 12.5. The van der Waals surface area contributed by atoms with Gasteiger partial charge in [-0.1, -0.05) is 32.4 Å². The number of aromatic nitrogens is 2. The summed E-state index contributed by atoms with van der Waals surface area (Å²) < 4.78 is 0. The van der Waals surface area contributed by atoms with Crippen LogP contribution in [0.2, 0.25) is 5.02 Å². The summed E-state index contributed by atoms with van der Waals surface area (Å²) in [6, 6.07) is -0.256. The Morgan fingerprint density at radius 2 is 2.00 bits per heavy atom. The molecule has 0 saturated carbocycles. The van der Waals surface area contributed by atoms with Crippen LogP contribution in [-0.2, 0) is 5.41 Å². The van der Waals surface area contributed by atoms with Gasteiger partial charge in [0.1, 0.15) is 5.02 Å². The molecule has 2 amide bonds. The number of nitrogens with zero attached hydrogens (tertiary/aromatic N) is 2. The number of halogens is 1. The molecule has 0 bridgehead atoms. The van der Waals surface area contributed by atoms with Crippen molar-refractivity contribution in [3.05, 3.63) is 10.7 Å². The molecular weight excluding hydrogens is 228 g/mol. The van der Waals surface area contributed by atoms with Crippen LogP contribution < -0.4 is 5.32 Å². The maximum Gasteiger partial charge on any atom is 0.322 e. The molecular formula is C10H17ClN4O. The molecule has 1 aromatic rings. The van der Waals surface area contributed by atoms with Gasteiger partial charge in [-0.05, 0) is 0 Å². The first-order valence-electron chi connectivity index (χ1n) is 4.96. The summed E-state index contributed by atoms with van der Waals surface area (Å²) in [5.41, 5.74) is 0.675. The van der Waals surface area contributed by atoms with Gasteiger partial charge in [-0.2, -0.15) is 5.10 Å². The summed E-state index contributed by atoms with van der Waals surface area (Å²) in [6.45, 7) is 6.05. The molecule has 0 aromatic carbocycles. The summed E-state index contributed by atoms with van der Waals surface area (Å²) in [5.74, 6) is 0.366. The number of hydrogen-bond donors (Lipinski definition) is 2. The van der Waals surface area contributed by atoms with Crippen molar-refractivity contribution < 1.29 is 4.79 Å². The van der Waals surface area contributed by atoms with E-state index in [0.29, 0.717) is 10.8 Å². The van der Waals surface area contributed by atoms with E-state index in [-0.39, 0.29) is 11.4 Å². The summed E-state index contributed by atoms with van der Waals surface area (Å²) in [6.07, 6.45) is 0. The van der Waals surface area contributed by atoms with Gasteiger partial charge in [-0.3, -0.25) is 10.4 Å². The smallest absolute Gasteiger partial charge is 0.322 e. The van der Waals surface area contributed by atoms with Gasteiger partial charge in [0.25, 0.3) is 0 Å². The first kappa shape index (κ1) is 12.8. The standard InChI is InChI=1S/C10H17ClN4O/c1-10(2,3)7-6(11)8(14-13-7)12-9(16)15(4)5/h1-5H3,(H2,12,13,14,16). The fourth-order valence-electron chi connectivity index (χ4n) is 1.12. The molecule has 0 atom stereocenters. The highest BCUT2D eigenvalue weighted by atomic mass is 35.5. The lowest BCUT2D eigenvalue weighted by atomic mass is 9.92. The number of H-pyrrole nitrogens is 1. The van der Waals surface area contributed by atoms with Crippen molar-refractivity contribution >= 4 is 23.4 Å². The molecule has 90 valence electrons. The number of urea groups is 1. The minimum Gasteiger partial charge on any atom is -0.331 e. The Bertz CT molecular complexity index is 392. The van der Waals surface area contributed by atoms with Crippen LogP contribution in [0.4, 0.5) is 10.6 Å². The second-order valence-corrected chi connectivity index (χ2v) is 5.21. The van der Waals surface area contributed by atoms with Gasteiger partial charge in [0.2, 0.25) is 0 Å². The monoisotopic (exact) mass is 244 g/mol. The number of carbonyl (C=O) groups excluding carboxylic acids is 1. The fraction of sp³-hybridized carbons (Fsp3) is 0.600. The maximum absolute atomic E-state index is 11.4. The molecule has 1 rings (SSSR count). The molecule has 0 aliphatic carbocycles. The Balaban J connectivity index is 2.93. The van der Waals surface area contributed by atoms with Gasteiger partial charge in [-0.15, -0.1) is 0 Å². The average Bonchev–Trinajstić information content (AvgIpc) is 2.46. The van der Waals surface area contributed by atoms with E-state index in [9.17, 15) is 4.79 Å². The zero-order valence-corrected chi connectivity index (χ0v) is 10.9. The van der Waals surface area contributed by atoms with Gasteiger partial charge >= 0.3 is 6.03 Å². The number of carbonyl (C=O) groups is 1. The highest BCUT2D eigenvalue weighted by Gasteiger charge is 2.23. The third-order valence-electron chi connectivity index (χ3n) is 2.09. The molecule has 6 heteroatoms. The number of amides is 2. The molecule has 0 saturated heterocycles. The summed E-state index contributed by atoms with van der Waals surface area (Å²) in [5, 5.41) is 9.91. The van der Waals surface area contributed by atoms with Gasteiger partial charge in [0.05, 0.1) is 5.69 Å². The highest BCUT2D eigenvalue weighted by Crippen LogP contribution is 2.32. The molecule has 5 nitrogen and oxygen atoms in total. The number of aromatic amines is 1. The summed E-state index contributed by atoms with van der Waals surface area (Å²) in [7, 11) is 3.31. The summed E-state index contributed by atoms with van der Waals surface area (Å²) >= 11 is 6.13. The van der Waals surface area contributed by atoms with Crippen molar-refractivity contribution in [2.45, 2.75) is 26.2 Å². The van der Waals surface area contributed by atoms with Crippen LogP contribution in [0.15, 0.2) is 0 Å². The molecule has 16 heavy (non-hydrogen) atoms. The Morgan fingerprint density at radius 1 is 1.44 bits per heavy atom. The quantitative estimate of drug-likeness (QED) is 0.797. The van der Waals surface area contributed by atoms with Crippen LogP contribution in [0.1, 0.15) is 26.5 Å². The SMILES string of the molecule is CN(C)C(=O)Nc1n[nH]c(C(C)(C)C)c1Cl. The molecule has 0 aliphatic rings. The number of anilines is 1. The maximum atomic E-state index is 11.4. The van der Waals surface area contributed by atoms with E-state index in [1.807, 2.05) is 20.8 Å². The van der Waals surface area contributed by atoms with E-state index in [0.717, 1.165) is 5.69 Å². The van der Waals surface area contributed by atoms with Crippen molar-refractivity contribution in [2.24, 2.45) is 0 Å². The molecule has 1 heterocycles. The Morgan fingerprint density at radius 3 is 2.38 bits per heavy atom. The largest absolute Gasteiger partial charge is 0.331 e. The van der Waals surface area contributed by atoms with E-state index in [1.165, 1.54) is 4.90 Å². The van der Waals surface area contributed by atoms with Crippen molar-refractivity contribution in [3.8, 4) is 0 Å². The minimum atomic E-state index is -0.256. The van der Waals surface area contributed by atoms with Crippen molar-refractivity contribution in [1.29, 1.82) is 0 Å². The second-order valence-electron chi connectivity index (χ2n) is 4.84. The Hall–Kier alpha value is -1.23. The van der Waals surface area contributed by atoms with Crippen LogP contribution in [0.25, 0.3) is 0 Å². The van der Waals surface area contributed by atoms with Crippen molar-refractivity contribution in [1.82, 2.24) is 15.1 Å². The third-order valence-corrected chi connectivity index (χ3v) is 2.46. The predicted octanol–water partition coefficient (Wildman–Crippen LogP) is 2.45. The summed E-state index contributed by atoms with van der Waals surface area (Å²) in [4.78, 5) is 12.8. The van der Waals surface area contributed by atoms with Gasteiger partial charge in [0.15, 0.2) is 5.82 Å². The van der Waals surface area contributed by atoms with E-state index in [1.54, 1.807) is 14.1 Å². The van der Waals surface area contributed by atoms with E-state index >= 15 is 0 Å². The molecule has 0 radical (unpaired) electrons. The van der Waals surface area contributed by atoms with Crippen molar-refractivity contribution in [3.63, 3.8) is 0 Å². The van der Waals surface area contributed by atoms with Crippen LogP contribution in [0.5, 0.6) is 0 Å². The lowest BCUT2D eigenvalue weighted by Gasteiger charge is -2.16. The normalized spacial score (nSPS) is 11.4. The fourth-order valence-corrected chi connectivity index (χ4v) is 1.54. The Labute approximate surface area is 100 Å². The zero-order valence-electron chi connectivity index (χ0n) is 10.2. The number of nitrogens with one attached hydrogen (secondary N) is 2. The van der Waals surface area contributed by atoms with Crippen LogP contribution in [0.3, 0.4) is 0 Å². The number of hydrogen-bond acceptors (Lipinski definition) is 2. The molecule has 2 N–H and O–H groups in total. The molecule has 0 spiro atoms. The van der Waals surface area contributed by atoms with Crippen LogP contribution in [0, 0.1) is 0 Å². The molecule has 0 unspecified atom stereocenters. The lowest BCUT2D eigenvalue weighted by molar-refractivity contribution is 0.230. The number of rotatable bonds is 1. The first-order chi connectivity index (χ1) is 7.23. The minimum absolute atomic E-state index is 0.134. The van der Waals surface area contributed by atoms with Crippen LogP contribution >= 0.6 is 11.6 Å². The highest BCUT2D eigenvalue weighted by molar-refractivity contribution is 6.34.